The number of aliphatic imine (C=N–C) groups is 1. The third-order valence-corrected chi connectivity index (χ3v) is 4.06. The van der Waals surface area contributed by atoms with Crippen LogP contribution in [0.4, 0.5) is 24.5 Å². The Kier molecular flexibility index (Phi) is 5.66. The number of nitrogens with zero attached hydrogens (tertiary/aromatic N) is 2. The highest BCUT2D eigenvalue weighted by molar-refractivity contribution is 8.26. The zero-order chi connectivity index (χ0) is 19.5. The number of non-ortho nitro benzene ring substituents is 1. The molecular formula is C16H13F3N4O2S. The number of nitrogens with one attached hydrogen (secondary N) is 1. The SMILES string of the molecule is Cc1ccc([N+](=O)[O-])cc1N=C(N)SC(=N)c1ccc(C(F)(F)F)cc1. The van der Waals surface area contributed by atoms with Gasteiger partial charge in [0.15, 0.2) is 5.17 Å². The van der Waals surface area contributed by atoms with Gasteiger partial charge in [0.1, 0.15) is 5.04 Å². The molecule has 0 bridgehead atoms. The fraction of sp³-hybridized carbons (Fsp3) is 0.125. The Balaban J connectivity index is 2.17. The van der Waals surface area contributed by atoms with Gasteiger partial charge in [-0.1, -0.05) is 18.2 Å². The maximum Gasteiger partial charge on any atom is 0.416 e. The van der Waals surface area contributed by atoms with E-state index in [-0.39, 0.29) is 27.1 Å². The number of nitro groups is 1. The number of thioether (sulfide) groups is 1. The summed E-state index contributed by atoms with van der Waals surface area (Å²) in [4.78, 5) is 14.3. The van der Waals surface area contributed by atoms with Crippen molar-refractivity contribution in [1.29, 1.82) is 5.41 Å². The number of hydrogen-bond donors (Lipinski definition) is 2. The highest BCUT2D eigenvalue weighted by Crippen LogP contribution is 2.30. The van der Waals surface area contributed by atoms with Crippen molar-refractivity contribution < 1.29 is 18.1 Å². The van der Waals surface area contributed by atoms with Gasteiger partial charge in [-0.15, -0.1) is 0 Å². The average Bonchev–Trinajstić information content (AvgIpc) is 2.55. The lowest BCUT2D eigenvalue weighted by Crippen LogP contribution is -2.11. The second-order valence-corrected chi connectivity index (χ2v) is 6.21. The molecule has 0 radical (unpaired) electrons. The molecule has 0 fully saturated rings. The summed E-state index contributed by atoms with van der Waals surface area (Å²) in [6, 6.07) is 8.21. The van der Waals surface area contributed by atoms with E-state index < -0.39 is 16.7 Å². The van der Waals surface area contributed by atoms with Gasteiger partial charge in [-0.2, -0.15) is 13.2 Å². The predicted octanol–water partition coefficient (Wildman–Crippen LogP) is 4.63. The molecule has 3 N–H and O–H groups in total. The molecule has 0 saturated carbocycles. The molecule has 2 aromatic carbocycles. The number of nitrogens with two attached hydrogens (primary N) is 1. The quantitative estimate of drug-likeness (QED) is 0.349. The first-order chi connectivity index (χ1) is 12.1. The molecule has 10 heteroatoms. The summed E-state index contributed by atoms with van der Waals surface area (Å²) in [5, 5.41) is 18.6. The van der Waals surface area contributed by atoms with E-state index >= 15 is 0 Å². The van der Waals surface area contributed by atoms with Gasteiger partial charge in [0, 0.05) is 17.7 Å². The normalized spacial score (nSPS) is 12.1. The Labute approximate surface area is 150 Å². The molecule has 136 valence electrons. The van der Waals surface area contributed by atoms with Crippen molar-refractivity contribution in [3.8, 4) is 0 Å². The van der Waals surface area contributed by atoms with Crippen molar-refractivity contribution in [1.82, 2.24) is 0 Å². The molecule has 0 aliphatic heterocycles. The van der Waals surface area contributed by atoms with E-state index in [4.69, 9.17) is 11.1 Å². The van der Waals surface area contributed by atoms with Crippen LogP contribution >= 0.6 is 11.8 Å². The Morgan fingerprint density at radius 2 is 1.85 bits per heavy atom. The Bertz CT molecular complexity index is 880. The largest absolute Gasteiger partial charge is 0.416 e. The minimum Gasteiger partial charge on any atom is -0.378 e. The number of nitro benzene ring substituents is 1. The summed E-state index contributed by atoms with van der Waals surface area (Å²) in [6.07, 6.45) is -4.45. The molecule has 0 aliphatic rings. The standard InChI is InChI=1S/C16H13F3N4O2S/c1-9-2-7-12(23(24)25)8-13(9)22-15(21)26-14(20)10-3-5-11(6-4-10)16(17,18)19/h2-8,20H,1H3,(H2,21,22). The van der Waals surface area contributed by atoms with Crippen molar-refractivity contribution in [2.45, 2.75) is 13.1 Å². The number of halogens is 3. The Morgan fingerprint density at radius 3 is 2.38 bits per heavy atom. The van der Waals surface area contributed by atoms with Crippen LogP contribution in [0.2, 0.25) is 0 Å². The molecule has 0 amide bonds. The Hall–Kier alpha value is -2.88. The summed E-state index contributed by atoms with van der Waals surface area (Å²) in [5.41, 5.74) is 5.98. The van der Waals surface area contributed by atoms with E-state index in [2.05, 4.69) is 4.99 Å². The van der Waals surface area contributed by atoms with Gasteiger partial charge in [0.25, 0.3) is 5.69 Å². The molecule has 0 unspecified atom stereocenters. The molecule has 0 heterocycles. The van der Waals surface area contributed by atoms with Crippen LogP contribution in [0.15, 0.2) is 47.5 Å². The highest BCUT2D eigenvalue weighted by Gasteiger charge is 2.30. The van der Waals surface area contributed by atoms with Crippen LogP contribution in [0, 0.1) is 22.4 Å². The van der Waals surface area contributed by atoms with Crippen molar-refractivity contribution in [2.24, 2.45) is 10.7 Å². The molecule has 0 spiro atoms. The van der Waals surface area contributed by atoms with Crippen LogP contribution in [0.5, 0.6) is 0 Å². The smallest absolute Gasteiger partial charge is 0.378 e. The zero-order valence-corrected chi connectivity index (χ0v) is 14.2. The number of amidine groups is 1. The van der Waals surface area contributed by atoms with E-state index in [1.54, 1.807) is 6.92 Å². The van der Waals surface area contributed by atoms with Gasteiger partial charge >= 0.3 is 6.18 Å². The summed E-state index contributed by atoms with van der Waals surface area (Å²) >= 11 is 0.744. The molecule has 6 nitrogen and oxygen atoms in total. The van der Waals surface area contributed by atoms with Crippen LogP contribution in [0.3, 0.4) is 0 Å². The molecule has 2 rings (SSSR count). The maximum absolute atomic E-state index is 12.6. The molecule has 2 aromatic rings. The van der Waals surface area contributed by atoms with E-state index in [1.807, 2.05) is 0 Å². The van der Waals surface area contributed by atoms with Crippen molar-refractivity contribution in [3.63, 3.8) is 0 Å². The third-order valence-electron chi connectivity index (χ3n) is 3.32. The van der Waals surface area contributed by atoms with E-state index in [0.717, 1.165) is 23.9 Å². The molecule has 0 saturated heterocycles. The van der Waals surface area contributed by atoms with Crippen LogP contribution in [-0.4, -0.2) is 15.1 Å². The number of aryl methyl sites for hydroxylation is 1. The third kappa shape index (κ3) is 4.82. The lowest BCUT2D eigenvalue weighted by Gasteiger charge is -2.08. The van der Waals surface area contributed by atoms with Gasteiger partial charge in [-0.3, -0.25) is 15.5 Å². The summed E-state index contributed by atoms with van der Waals surface area (Å²) < 4.78 is 37.7. The first-order valence-corrected chi connectivity index (χ1v) is 7.93. The summed E-state index contributed by atoms with van der Waals surface area (Å²) in [7, 11) is 0. The number of hydrogen-bond acceptors (Lipinski definition) is 5. The fourth-order valence-corrected chi connectivity index (χ4v) is 2.55. The van der Waals surface area contributed by atoms with Gasteiger partial charge in [0.2, 0.25) is 0 Å². The molecule has 26 heavy (non-hydrogen) atoms. The molecule has 0 aromatic heterocycles. The van der Waals surface area contributed by atoms with Crippen LogP contribution in [-0.2, 0) is 6.18 Å². The van der Waals surface area contributed by atoms with E-state index in [9.17, 15) is 23.3 Å². The summed E-state index contributed by atoms with van der Waals surface area (Å²) in [5.74, 6) is 0. The minimum atomic E-state index is -4.45. The van der Waals surface area contributed by atoms with E-state index in [1.165, 1.54) is 30.3 Å². The van der Waals surface area contributed by atoms with Gasteiger partial charge < -0.3 is 5.73 Å². The maximum atomic E-state index is 12.6. The highest BCUT2D eigenvalue weighted by atomic mass is 32.2. The van der Waals surface area contributed by atoms with Crippen molar-refractivity contribution in [2.75, 3.05) is 0 Å². The monoisotopic (exact) mass is 382 g/mol. The molecule has 0 atom stereocenters. The lowest BCUT2D eigenvalue weighted by molar-refractivity contribution is -0.384. The zero-order valence-electron chi connectivity index (χ0n) is 13.4. The molecule has 0 aliphatic carbocycles. The minimum absolute atomic E-state index is 0.0569. The fourth-order valence-electron chi connectivity index (χ4n) is 1.95. The van der Waals surface area contributed by atoms with Crippen LogP contribution < -0.4 is 5.73 Å². The summed E-state index contributed by atoms with van der Waals surface area (Å²) in [6.45, 7) is 1.70. The molecular weight excluding hydrogens is 369 g/mol. The van der Waals surface area contributed by atoms with Crippen molar-refractivity contribution >= 4 is 33.3 Å². The number of alkyl halides is 3. The first-order valence-electron chi connectivity index (χ1n) is 7.11. The second-order valence-electron chi connectivity index (χ2n) is 5.18. The second kappa shape index (κ2) is 7.56. The predicted molar refractivity (Wildman–Crippen MR) is 95.0 cm³/mol. The van der Waals surface area contributed by atoms with Crippen LogP contribution in [0.25, 0.3) is 0 Å². The van der Waals surface area contributed by atoms with Crippen molar-refractivity contribution in [3.05, 3.63) is 69.3 Å². The lowest BCUT2D eigenvalue weighted by atomic mass is 10.1. The van der Waals surface area contributed by atoms with Gasteiger partial charge in [-0.25, -0.2) is 4.99 Å². The van der Waals surface area contributed by atoms with Gasteiger partial charge in [0.05, 0.1) is 16.2 Å². The van der Waals surface area contributed by atoms with Crippen LogP contribution in [0.1, 0.15) is 16.7 Å². The van der Waals surface area contributed by atoms with Gasteiger partial charge in [-0.05, 0) is 36.4 Å². The van der Waals surface area contributed by atoms with E-state index in [0.29, 0.717) is 5.56 Å². The first kappa shape index (κ1) is 19.4. The topological polar surface area (TPSA) is 105 Å². The number of rotatable bonds is 3. The average molecular weight is 382 g/mol. The Morgan fingerprint density at radius 1 is 1.23 bits per heavy atom. The number of benzene rings is 2.